The molecule has 0 atom stereocenters. The molecule has 2 aromatic carbocycles. The van der Waals surface area contributed by atoms with E-state index in [9.17, 15) is 14.4 Å². The van der Waals surface area contributed by atoms with Gasteiger partial charge in [0, 0.05) is 35.8 Å². The quantitative estimate of drug-likeness (QED) is 0.614. The number of nitrogens with one attached hydrogen (secondary N) is 3. The predicted octanol–water partition coefficient (Wildman–Crippen LogP) is 4.12. The van der Waals surface area contributed by atoms with Crippen LogP contribution in [0.5, 0.6) is 0 Å². The first-order valence-corrected chi connectivity index (χ1v) is 9.89. The molecule has 2 aromatic rings. The van der Waals surface area contributed by atoms with E-state index in [0.717, 1.165) is 5.56 Å². The summed E-state index contributed by atoms with van der Waals surface area (Å²) >= 11 is 5.92. The molecule has 0 unspecified atom stereocenters. The molecule has 0 saturated heterocycles. The van der Waals surface area contributed by atoms with Crippen LogP contribution in [0.4, 0.5) is 10.5 Å². The zero-order valence-corrected chi connectivity index (χ0v) is 18.0. The Bertz CT molecular complexity index is 909. The van der Waals surface area contributed by atoms with Gasteiger partial charge in [0.1, 0.15) is 5.60 Å². The van der Waals surface area contributed by atoms with Crippen LogP contribution in [-0.4, -0.2) is 30.1 Å². The molecule has 0 aliphatic heterocycles. The highest BCUT2D eigenvalue weighted by molar-refractivity contribution is 6.31. The van der Waals surface area contributed by atoms with Gasteiger partial charge >= 0.3 is 6.09 Å². The molecule has 3 amide bonds. The Morgan fingerprint density at radius 1 is 1.00 bits per heavy atom. The number of halogens is 1. The van der Waals surface area contributed by atoms with Gasteiger partial charge in [-0.15, -0.1) is 0 Å². The lowest BCUT2D eigenvalue weighted by Gasteiger charge is -2.19. The molecule has 0 radical (unpaired) electrons. The van der Waals surface area contributed by atoms with Gasteiger partial charge in [0.05, 0.1) is 0 Å². The van der Waals surface area contributed by atoms with Gasteiger partial charge in [0.15, 0.2) is 0 Å². The van der Waals surface area contributed by atoms with Crippen molar-refractivity contribution >= 4 is 35.2 Å². The molecule has 0 aliphatic carbocycles. The summed E-state index contributed by atoms with van der Waals surface area (Å²) in [6.45, 7) is 5.78. The van der Waals surface area contributed by atoms with Crippen LogP contribution in [0.1, 0.15) is 43.1 Å². The van der Waals surface area contributed by atoms with Crippen LogP contribution in [-0.2, 0) is 16.1 Å². The van der Waals surface area contributed by atoms with Crippen LogP contribution in [0.3, 0.4) is 0 Å². The number of carbonyl (C=O) groups excluding carboxylic acids is 3. The van der Waals surface area contributed by atoms with Gasteiger partial charge < -0.3 is 20.7 Å². The second-order valence-electron chi connectivity index (χ2n) is 7.62. The lowest BCUT2D eigenvalue weighted by molar-refractivity contribution is -0.121. The van der Waals surface area contributed by atoms with E-state index in [0.29, 0.717) is 22.8 Å². The fourth-order valence-electron chi connectivity index (χ4n) is 2.47. The van der Waals surface area contributed by atoms with E-state index in [2.05, 4.69) is 16.0 Å². The van der Waals surface area contributed by atoms with Crippen molar-refractivity contribution in [2.75, 3.05) is 11.9 Å². The zero-order chi connectivity index (χ0) is 22.1. The molecule has 0 aliphatic rings. The van der Waals surface area contributed by atoms with Crippen molar-refractivity contribution in [3.05, 3.63) is 64.7 Å². The molecule has 8 heteroatoms. The number of hydrogen-bond donors (Lipinski definition) is 3. The first kappa shape index (κ1) is 23.2. The lowest BCUT2D eigenvalue weighted by atomic mass is 10.1. The van der Waals surface area contributed by atoms with Gasteiger partial charge in [-0.2, -0.15) is 0 Å². The maximum absolute atomic E-state index is 12.3. The predicted molar refractivity (Wildman–Crippen MR) is 117 cm³/mol. The molecular weight excluding hydrogens is 406 g/mol. The third-order valence-corrected chi connectivity index (χ3v) is 4.02. The highest BCUT2D eigenvalue weighted by Crippen LogP contribution is 2.15. The van der Waals surface area contributed by atoms with Gasteiger partial charge in [-0.25, -0.2) is 4.79 Å². The average molecular weight is 432 g/mol. The van der Waals surface area contributed by atoms with Crippen molar-refractivity contribution in [2.24, 2.45) is 0 Å². The normalized spacial score (nSPS) is 10.8. The molecule has 0 heterocycles. The molecule has 0 spiro atoms. The van der Waals surface area contributed by atoms with E-state index < -0.39 is 11.7 Å². The van der Waals surface area contributed by atoms with Crippen molar-refractivity contribution in [3.63, 3.8) is 0 Å². The fourth-order valence-corrected chi connectivity index (χ4v) is 2.66. The lowest BCUT2D eigenvalue weighted by Crippen LogP contribution is -2.35. The number of amides is 3. The highest BCUT2D eigenvalue weighted by Gasteiger charge is 2.15. The van der Waals surface area contributed by atoms with Gasteiger partial charge in [0.2, 0.25) is 5.91 Å². The largest absolute Gasteiger partial charge is 0.444 e. The first-order valence-electron chi connectivity index (χ1n) is 9.52. The third-order valence-electron chi connectivity index (χ3n) is 3.78. The first-order chi connectivity index (χ1) is 14.1. The topological polar surface area (TPSA) is 96.5 Å². The zero-order valence-electron chi connectivity index (χ0n) is 17.3. The Kier molecular flexibility index (Phi) is 8.24. The summed E-state index contributed by atoms with van der Waals surface area (Å²) in [4.78, 5) is 35.9. The molecule has 0 saturated carbocycles. The fraction of sp³-hybridized carbons (Fsp3) is 0.318. The van der Waals surface area contributed by atoms with E-state index in [-0.39, 0.29) is 24.8 Å². The van der Waals surface area contributed by atoms with Crippen LogP contribution in [0.2, 0.25) is 5.02 Å². The minimum Gasteiger partial charge on any atom is -0.444 e. The molecule has 2 rings (SSSR count). The Morgan fingerprint density at radius 3 is 2.43 bits per heavy atom. The molecular formula is C22H26ClN3O4. The van der Waals surface area contributed by atoms with Crippen molar-refractivity contribution in [1.29, 1.82) is 0 Å². The Labute approximate surface area is 181 Å². The van der Waals surface area contributed by atoms with Gasteiger partial charge in [-0.1, -0.05) is 29.8 Å². The number of carbonyl (C=O) groups is 3. The van der Waals surface area contributed by atoms with Crippen LogP contribution < -0.4 is 16.0 Å². The van der Waals surface area contributed by atoms with Crippen molar-refractivity contribution in [1.82, 2.24) is 10.6 Å². The number of ether oxygens (including phenoxy) is 1. The second kappa shape index (κ2) is 10.6. The van der Waals surface area contributed by atoms with Crippen molar-refractivity contribution < 1.29 is 19.1 Å². The second-order valence-corrected chi connectivity index (χ2v) is 8.06. The summed E-state index contributed by atoms with van der Waals surface area (Å²) in [5, 5.41) is 8.61. The summed E-state index contributed by atoms with van der Waals surface area (Å²) in [5.41, 5.74) is 1.31. The summed E-state index contributed by atoms with van der Waals surface area (Å²) in [7, 11) is 0. The molecule has 7 nitrogen and oxygen atoms in total. The Balaban J connectivity index is 1.79. The molecule has 0 aromatic heterocycles. The number of anilines is 1. The van der Waals surface area contributed by atoms with E-state index in [1.807, 2.05) is 6.07 Å². The van der Waals surface area contributed by atoms with Crippen LogP contribution in [0.15, 0.2) is 48.5 Å². The smallest absolute Gasteiger partial charge is 0.407 e. The van der Waals surface area contributed by atoms with Crippen LogP contribution in [0.25, 0.3) is 0 Å². The molecule has 3 N–H and O–H groups in total. The number of benzene rings is 2. The van der Waals surface area contributed by atoms with E-state index in [4.69, 9.17) is 16.3 Å². The maximum atomic E-state index is 12.3. The standard InChI is InChI=1S/C22H26ClN3O4/c1-22(2,3)30-21(29)24-11-10-19(27)25-14-15-6-4-9-18(12-15)26-20(28)16-7-5-8-17(23)13-16/h4-9,12-13H,10-11,14H2,1-3H3,(H,24,29)(H,25,27)(H,26,28). The summed E-state index contributed by atoms with van der Waals surface area (Å²) in [6.07, 6.45) is -0.428. The Hall–Kier alpha value is -3.06. The molecule has 30 heavy (non-hydrogen) atoms. The highest BCUT2D eigenvalue weighted by atomic mass is 35.5. The SMILES string of the molecule is CC(C)(C)OC(=O)NCCC(=O)NCc1cccc(NC(=O)c2cccc(Cl)c2)c1. The van der Waals surface area contributed by atoms with Crippen LogP contribution >= 0.6 is 11.6 Å². The summed E-state index contributed by atoms with van der Waals surface area (Å²) < 4.78 is 5.11. The average Bonchev–Trinajstić information content (AvgIpc) is 2.65. The third kappa shape index (κ3) is 8.53. The van der Waals surface area contributed by atoms with Crippen molar-refractivity contribution in [2.45, 2.75) is 39.3 Å². The monoisotopic (exact) mass is 431 g/mol. The van der Waals surface area contributed by atoms with E-state index >= 15 is 0 Å². The van der Waals surface area contributed by atoms with Gasteiger partial charge in [-0.05, 0) is 56.7 Å². The van der Waals surface area contributed by atoms with Gasteiger partial charge in [0.25, 0.3) is 5.91 Å². The summed E-state index contributed by atoms with van der Waals surface area (Å²) in [5.74, 6) is -0.480. The van der Waals surface area contributed by atoms with E-state index in [1.54, 1.807) is 63.2 Å². The number of rotatable bonds is 7. The maximum Gasteiger partial charge on any atom is 0.407 e. The number of hydrogen-bond acceptors (Lipinski definition) is 4. The minimum absolute atomic E-state index is 0.129. The number of alkyl carbamates (subject to hydrolysis) is 1. The van der Waals surface area contributed by atoms with Gasteiger partial charge in [-0.3, -0.25) is 9.59 Å². The van der Waals surface area contributed by atoms with E-state index in [1.165, 1.54) is 0 Å². The molecule has 0 fully saturated rings. The Morgan fingerprint density at radius 2 is 1.73 bits per heavy atom. The van der Waals surface area contributed by atoms with Crippen LogP contribution in [0, 0.1) is 0 Å². The minimum atomic E-state index is -0.584. The molecule has 0 bridgehead atoms. The molecule has 160 valence electrons. The summed E-state index contributed by atoms with van der Waals surface area (Å²) in [6, 6.07) is 13.8. The van der Waals surface area contributed by atoms with Crippen molar-refractivity contribution in [3.8, 4) is 0 Å².